The van der Waals surface area contributed by atoms with Gasteiger partial charge in [0.05, 0.1) is 24.4 Å². The molecule has 36 heavy (non-hydrogen) atoms. The topological polar surface area (TPSA) is 99.8 Å². The van der Waals surface area contributed by atoms with Crippen molar-refractivity contribution >= 4 is 23.3 Å². The van der Waals surface area contributed by atoms with E-state index < -0.39 is 11.8 Å². The van der Waals surface area contributed by atoms with Gasteiger partial charge in [0.15, 0.2) is 17.5 Å². The minimum atomic E-state index is -0.666. The first-order valence-corrected chi connectivity index (χ1v) is 12.5. The summed E-state index contributed by atoms with van der Waals surface area (Å²) < 4.78 is 20.5. The second-order valence-electron chi connectivity index (χ2n) is 9.60. The number of halogens is 1. The molecule has 9 nitrogen and oxygen atoms in total. The van der Waals surface area contributed by atoms with Gasteiger partial charge in [0, 0.05) is 18.3 Å². The minimum Gasteiger partial charge on any atom is -0.494 e. The molecule has 1 unspecified atom stereocenters. The van der Waals surface area contributed by atoms with Gasteiger partial charge in [-0.2, -0.15) is 5.10 Å². The first-order valence-electron chi connectivity index (χ1n) is 12.1. The van der Waals surface area contributed by atoms with Crippen LogP contribution >= 0.6 is 11.6 Å². The van der Waals surface area contributed by atoms with Crippen LogP contribution in [0.4, 0.5) is 5.82 Å². The van der Waals surface area contributed by atoms with Crippen LogP contribution in [0.2, 0.25) is 5.02 Å². The zero-order valence-corrected chi connectivity index (χ0v) is 21.7. The highest BCUT2D eigenvalue weighted by Gasteiger charge is 2.33. The number of ether oxygens (including phenoxy) is 3. The number of anilines is 1. The molecule has 3 heterocycles. The van der Waals surface area contributed by atoms with Gasteiger partial charge in [-0.05, 0) is 38.3 Å². The summed E-state index contributed by atoms with van der Waals surface area (Å²) in [5, 5.41) is 18.5. The van der Waals surface area contributed by atoms with Gasteiger partial charge < -0.3 is 29.2 Å². The molecule has 1 aromatic carbocycles. The number of nitrogens with zero attached hydrogens (tertiary/aromatic N) is 3. The average molecular weight is 517 g/mol. The number of hydrogen-bond donors (Lipinski definition) is 2. The Balaban J connectivity index is 1.48. The SMILES string of the molecule is CC[C@@H](C)CC(C(=O)Nc1ccn(C[C@@H]2COC(C)(C)O2)n1)n1cc(Oc2ccccc2Cl)cc1O. The molecule has 1 aliphatic heterocycles. The fourth-order valence-corrected chi connectivity index (χ4v) is 4.27. The second-order valence-corrected chi connectivity index (χ2v) is 10.0. The number of nitrogens with one attached hydrogen (secondary N) is 1. The van der Waals surface area contributed by atoms with Gasteiger partial charge in [0.25, 0.3) is 0 Å². The first kappa shape index (κ1) is 26.1. The molecule has 4 rings (SSSR count). The maximum Gasteiger partial charge on any atom is 0.248 e. The van der Waals surface area contributed by atoms with E-state index in [1.54, 1.807) is 41.3 Å². The Kier molecular flexibility index (Phi) is 7.92. The molecule has 3 atom stereocenters. The molecule has 194 valence electrons. The van der Waals surface area contributed by atoms with Crippen LogP contribution in [-0.2, 0) is 20.8 Å². The number of aromatic hydroxyl groups is 1. The fraction of sp³-hybridized carbons (Fsp3) is 0.462. The molecular weight excluding hydrogens is 484 g/mol. The van der Waals surface area contributed by atoms with E-state index in [2.05, 4.69) is 24.3 Å². The van der Waals surface area contributed by atoms with Crippen LogP contribution in [0.5, 0.6) is 17.4 Å². The quantitative estimate of drug-likeness (QED) is 0.363. The molecule has 2 aromatic heterocycles. The van der Waals surface area contributed by atoms with Gasteiger partial charge in [-0.1, -0.05) is 44.0 Å². The standard InChI is InChI=1S/C26H33ClN4O5/c1-5-17(2)12-21(31-15-18(13-24(31)32)35-22-9-7-6-8-20(22)27)25(33)28-23-10-11-30(29-23)14-19-16-34-26(3,4)36-19/h6-11,13,15,17,19,21,32H,5,12,14,16H2,1-4H3,(H,28,29,33)/t17-,19-,21?/m1/s1. The van der Waals surface area contributed by atoms with E-state index in [4.69, 9.17) is 25.8 Å². The molecule has 2 N–H and O–H groups in total. The van der Waals surface area contributed by atoms with Crippen molar-refractivity contribution in [3.05, 3.63) is 53.8 Å². The largest absolute Gasteiger partial charge is 0.494 e. The summed E-state index contributed by atoms with van der Waals surface area (Å²) in [5.41, 5.74) is 0. The van der Waals surface area contributed by atoms with Crippen molar-refractivity contribution in [1.29, 1.82) is 0 Å². The molecule has 0 aliphatic carbocycles. The van der Waals surface area contributed by atoms with Crippen molar-refractivity contribution in [2.45, 2.75) is 65.0 Å². The Hall–Kier alpha value is -3.01. The van der Waals surface area contributed by atoms with Crippen molar-refractivity contribution < 1.29 is 24.1 Å². The monoisotopic (exact) mass is 516 g/mol. The maximum absolute atomic E-state index is 13.4. The molecule has 0 bridgehead atoms. The number of rotatable bonds is 10. The molecule has 0 radical (unpaired) electrons. The van der Waals surface area contributed by atoms with E-state index in [0.29, 0.717) is 41.9 Å². The van der Waals surface area contributed by atoms with Crippen LogP contribution in [0, 0.1) is 5.92 Å². The van der Waals surface area contributed by atoms with E-state index in [9.17, 15) is 9.90 Å². The van der Waals surface area contributed by atoms with Gasteiger partial charge in [0.1, 0.15) is 23.6 Å². The Morgan fingerprint density at radius 1 is 1.36 bits per heavy atom. The number of carbonyl (C=O) groups excluding carboxylic acids is 1. The smallest absolute Gasteiger partial charge is 0.248 e. The van der Waals surface area contributed by atoms with E-state index in [1.165, 1.54) is 10.6 Å². The van der Waals surface area contributed by atoms with E-state index in [0.717, 1.165) is 6.42 Å². The summed E-state index contributed by atoms with van der Waals surface area (Å²) in [4.78, 5) is 13.4. The summed E-state index contributed by atoms with van der Waals surface area (Å²) in [6.07, 6.45) is 4.71. The van der Waals surface area contributed by atoms with Crippen molar-refractivity contribution in [2.75, 3.05) is 11.9 Å². The highest BCUT2D eigenvalue weighted by Crippen LogP contribution is 2.35. The predicted molar refractivity (Wildman–Crippen MR) is 136 cm³/mol. The maximum atomic E-state index is 13.4. The number of amides is 1. The van der Waals surface area contributed by atoms with Crippen LogP contribution in [0.3, 0.4) is 0 Å². The van der Waals surface area contributed by atoms with Crippen molar-refractivity contribution in [1.82, 2.24) is 14.3 Å². The van der Waals surface area contributed by atoms with Gasteiger partial charge in [-0.25, -0.2) is 0 Å². The van der Waals surface area contributed by atoms with Gasteiger partial charge in [-0.3, -0.25) is 9.48 Å². The minimum absolute atomic E-state index is 0.0768. The Morgan fingerprint density at radius 3 is 2.83 bits per heavy atom. The molecule has 3 aromatic rings. The van der Waals surface area contributed by atoms with Crippen molar-refractivity contribution in [2.24, 2.45) is 5.92 Å². The third kappa shape index (κ3) is 6.40. The molecule has 1 saturated heterocycles. The van der Waals surface area contributed by atoms with Crippen LogP contribution in [0.15, 0.2) is 48.8 Å². The number of carbonyl (C=O) groups is 1. The highest BCUT2D eigenvalue weighted by atomic mass is 35.5. The molecule has 1 amide bonds. The normalized spacial score (nSPS) is 18.6. The Morgan fingerprint density at radius 2 is 2.14 bits per heavy atom. The average Bonchev–Trinajstić information content (AvgIpc) is 3.52. The Labute approximate surface area is 215 Å². The van der Waals surface area contributed by atoms with Gasteiger partial charge in [-0.15, -0.1) is 0 Å². The van der Waals surface area contributed by atoms with Crippen LogP contribution in [0.25, 0.3) is 0 Å². The fourth-order valence-electron chi connectivity index (χ4n) is 4.10. The lowest BCUT2D eigenvalue weighted by Gasteiger charge is -2.21. The highest BCUT2D eigenvalue weighted by molar-refractivity contribution is 6.32. The van der Waals surface area contributed by atoms with Crippen molar-refractivity contribution in [3.63, 3.8) is 0 Å². The zero-order chi connectivity index (χ0) is 25.9. The first-order chi connectivity index (χ1) is 17.1. The van der Waals surface area contributed by atoms with Crippen LogP contribution in [0.1, 0.15) is 46.6 Å². The van der Waals surface area contributed by atoms with Crippen LogP contribution in [-0.4, -0.2) is 43.9 Å². The van der Waals surface area contributed by atoms with Crippen LogP contribution < -0.4 is 10.1 Å². The number of aromatic nitrogens is 3. The van der Waals surface area contributed by atoms with Gasteiger partial charge in [0.2, 0.25) is 5.91 Å². The molecule has 0 spiro atoms. The van der Waals surface area contributed by atoms with E-state index in [1.807, 2.05) is 19.9 Å². The lowest BCUT2D eigenvalue weighted by atomic mass is 9.98. The summed E-state index contributed by atoms with van der Waals surface area (Å²) in [5.74, 6) is 0.552. The zero-order valence-electron chi connectivity index (χ0n) is 21.0. The van der Waals surface area contributed by atoms with E-state index >= 15 is 0 Å². The summed E-state index contributed by atoms with van der Waals surface area (Å²) >= 11 is 6.20. The lowest BCUT2D eigenvalue weighted by molar-refractivity contribution is -0.139. The molecule has 0 saturated carbocycles. The van der Waals surface area contributed by atoms with Gasteiger partial charge >= 0.3 is 0 Å². The lowest BCUT2D eigenvalue weighted by Crippen LogP contribution is -2.27. The molecule has 1 fully saturated rings. The summed E-state index contributed by atoms with van der Waals surface area (Å²) in [6.45, 7) is 8.88. The predicted octanol–water partition coefficient (Wildman–Crippen LogP) is 5.60. The third-order valence-electron chi connectivity index (χ3n) is 6.18. The summed E-state index contributed by atoms with van der Waals surface area (Å²) in [6, 6.07) is 9.62. The number of para-hydroxylation sites is 1. The number of benzene rings is 1. The molecule has 10 heteroatoms. The molecule has 1 aliphatic rings. The number of hydrogen-bond acceptors (Lipinski definition) is 6. The molecular formula is C26H33ClN4O5. The Bertz CT molecular complexity index is 1190. The third-order valence-corrected chi connectivity index (χ3v) is 6.49. The second kappa shape index (κ2) is 10.9. The van der Waals surface area contributed by atoms with Crippen molar-refractivity contribution in [3.8, 4) is 17.4 Å². The van der Waals surface area contributed by atoms with E-state index in [-0.39, 0.29) is 23.8 Å². The summed E-state index contributed by atoms with van der Waals surface area (Å²) in [7, 11) is 0.